The molecular formula is C18H22N4O3. The topological polar surface area (TPSA) is 78.7 Å². The molecule has 0 fully saturated rings. The van der Waals surface area contributed by atoms with E-state index < -0.39 is 4.92 Å². The summed E-state index contributed by atoms with van der Waals surface area (Å²) in [7, 11) is 7.31. The Labute approximate surface area is 147 Å². The third-order valence-electron chi connectivity index (χ3n) is 3.92. The highest BCUT2D eigenvalue weighted by Gasteiger charge is 2.18. The molecule has 0 heterocycles. The van der Waals surface area contributed by atoms with Gasteiger partial charge in [-0.05, 0) is 23.8 Å². The number of nitro benzene ring substituents is 1. The molecule has 1 N–H and O–H groups in total. The van der Waals surface area contributed by atoms with Crippen LogP contribution in [0.1, 0.15) is 15.9 Å². The van der Waals surface area contributed by atoms with Gasteiger partial charge in [0.05, 0.1) is 16.2 Å². The molecule has 0 saturated carbocycles. The van der Waals surface area contributed by atoms with Gasteiger partial charge in [0.15, 0.2) is 0 Å². The number of carbonyl (C=O) groups is 1. The van der Waals surface area contributed by atoms with Gasteiger partial charge in [-0.25, -0.2) is 0 Å². The first-order valence-electron chi connectivity index (χ1n) is 7.81. The lowest BCUT2D eigenvalue weighted by Crippen LogP contribution is -2.24. The van der Waals surface area contributed by atoms with Crippen molar-refractivity contribution in [2.24, 2.45) is 0 Å². The molecule has 1 amide bonds. The molecule has 132 valence electrons. The Morgan fingerprint density at radius 3 is 2.48 bits per heavy atom. The number of amides is 1. The number of anilines is 2. The van der Waals surface area contributed by atoms with E-state index in [0.717, 1.165) is 11.3 Å². The van der Waals surface area contributed by atoms with Gasteiger partial charge in [0, 0.05) is 52.6 Å². The van der Waals surface area contributed by atoms with Crippen molar-refractivity contribution >= 4 is 23.0 Å². The summed E-state index contributed by atoms with van der Waals surface area (Å²) in [6, 6.07) is 12.4. The summed E-state index contributed by atoms with van der Waals surface area (Å²) < 4.78 is 0. The summed E-state index contributed by atoms with van der Waals surface area (Å²) >= 11 is 0. The van der Waals surface area contributed by atoms with Gasteiger partial charge >= 0.3 is 0 Å². The Bertz CT molecular complexity index is 790. The first-order chi connectivity index (χ1) is 11.8. The van der Waals surface area contributed by atoms with Crippen molar-refractivity contribution in [1.29, 1.82) is 0 Å². The fourth-order valence-corrected chi connectivity index (χ4v) is 2.58. The number of rotatable bonds is 6. The summed E-state index contributed by atoms with van der Waals surface area (Å²) in [5.74, 6) is -0.354. The molecule has 7 heteroatoms. The Hall–Kier alpha value is -3.09. The largest absolute Gasteiger partial charge is 0.378 e. The number of carbonyl (C=O) groups excluding carboxylic acids is 1. The van der Waals surface area contributed by atoms with Crippen LogP contribution in [0.2, 0.25) is 0 Å². The maximum atomic E-state index is 12.1. The van der Waals surface area contributed by atoms with Crippen LogP contribution in [0.25, 0.3) is 0 Å². The number of nitrogens with one attached hydrogen (secondary N) is 1. The van der Waals surface area contributed by atoms with Gasteiger partial charge in [-0.2, -0.15) is 0 Å². The molecule has 0 aliphatic heterocycles. The molecule has 25 heavy (non-hydrogen) atoms. The molecule has 0 radical (unpaired) electrons. The van der Waals surface area contributed by atoms with E-state index in [1.807, 2.05) is 49.1 Å². The number of nitrogens with zero attached hydrogens (tertiary/aromatic N) is 3. The number of non-ortho nitro benzene ring substituents is 1. The van der Waals surface area contributed by atoms with E-state index in [0.29, 0.717) is 12.2 Å². The average Bonchev–Trinajstić information content (AvgIpc) is 2.60. The van der Waals surface area contributed by atoms with Crippen LogP contribution in [-0.2, 0) is 6.54 Å². The summed E-state index contributed by atoms with van der Waals surface area (Å²) in [6.45, 7) is 0.573. The Morgan fingerprint density at radius 1 is 1.16 bits per heavy atom. The molecule has 0 bridgehead atoms. The molecule has 0 aromatic heterocycles. The summed E-state index contributed by atoms with van der Waals surface area (Å²) in [4.78, 5) is 26.6. The maximum Gasteiger partial charge on any atom is 0.270 e. The Kier molecular flexibility index (Phi) is 5.59. The van der Waals surface area contributed by atoms with Gasteiger partial charge in [-0.3, -0.25) is 14.9 Å². The molecular weight excluding hydrogens is 320 g/mol. The monoisotopic (exact) mass is 342 g/mol. The molecule has 0 atom stereocenters. The summed E-state index contributed by atoms with van der Waals surface area (Å²) in [5.41, 5.74) is 2.98. The van der Waals surface area contributed by atoms with Crippen LogP contribution in [0.15, 0.2) is 42.5 Å². The first-order valence-corrected chi connectivity index (χ1v) is 7.81. The van der Waals surface area contributed by atoms with Crippen molar-refractivity contribution in [3.63, 3.8) is 0 Å². The number of nitro groups is 1. The predicted molar refractivity (Wildman–Crippen MR) is 99.4 cm³/mol. The van der Waals surface area contributed by atoms with Crippen molar-refractivity contribution in [3.8, 4) is 0 Å². The van der Waals surface area contributed by atoms with Crippen molar-refractivity contribution < 1.29 is 9.72 Å². The van der Waals surface area contributed by atoms with Gasteiger partial charge in [0.2, 0.25) is 0 Å². The second-order valence-electron chi connectivity index (χ2n) is 5.96. The fraction of sp³-hybridized carbons (Fsp3) is 0.278. The van der Waals surface area contributed by atoms with Crippen LogP contribution in [0.3, 0.4) is 0 Å². The standard InChI is InChI=1S/C18H22N4O3/c1-19-18(23)16-11-15(22(24)25)8-9-17(16)21(4)12-13-6-5-7-14(10-13)20(2)3/h5-11H,12H2,1-4H3,(H,19,23). The van der Waals surface area contributed by atoms with E-state index in [1.165, 1.54) is 19.2 Å². The minimum atomic E-state index is -0.503. The fourth-order valence-electron chi connectivity index (χ4n) is 2.58. The zero-order valence-corrected chi connectivity index (χ0v) is 14.8. The molecule has 0 saturated heterocycles. The Balaban J connectivity index is 2.35. The van der Waals surface area contributed by atoms with E-state index in [4.69, 9.17) is 0 Å². The lowest BCUT2D eigenvalue weighted by atomic mass is 10.1. The molecule has 0 aliphatic carbocycles. The highest BCUT2D eigenvalue weighted by molar-refractivity contribution is 6.00. The average molecular weight is 342 g/mol. The van der Waals surface area contributed by atoms with Crippen LogP contribution in [-0.4, -0.2) is 39.0 Å². The third kappa shape index (κ3) is 4.26. The number of hydrogen-bond acceptors (Lipinski definition) is 5. The second kappa shape index (κ2) is 7.65. The minimum Gasteiger partial charge on any atom is -0.378 e. The minimum absolute atomic E-state index is 0.106. The SMILES string of the molecule is CNC(=O)c1cc([N+](=O)[O-])ccc1N(C)Cc1cccc(N(C)C)c1. The number of benzene rings is 2. The van der Waals surface area contributed by atoms with E-state index in [-0.39, 0.29) is 17.2 Å². The van der Waals surface area contributed by atoms with E-state index in [9.17, 15) is 14.9 Å². The molecule has 7 nitrogen and oxygen atoms in total. The molecule has 2 aromatic carbocycles. The molecule has 2 rings (SSSR count). The first kappa shape index (κ1) is 18.3. The van der Waals surface area contributed by atoms with E-state index >= 15 is 0 Å². The third-order valence-corrected chi connectivity index (χ3v) is 3.92. The quantitative estimate of drug-likeness (QED) is 0.645. The highest BCUT2D eigenvalue weighted by atomic mass is 16.6. The zero-order valence-electron chi connectivity index (χ0n) is 14.8. The second-order valence-corrected chi connectivity index (χ2v) is 5.96. The normalized spacial score (nSPS) is 10.2. The van der Waals surface area contributed by atoms with Crippen LogP contribution in [0.4, 0.5) is 17.1 Å². The maximum absolute atomic E-state index is 12.1. The van der Waals surface area contributed by atoms with Crippen LogP contribution < -0.4 is 15.1 Å². The van der Waals surface area contributed by atoms with E-state index in [1.54, 1.807) is 6.07 Å². The van der Waals surface area contributed by atoms with Crippen LogP contribution >= 0.6 is 0 Å². The van der Waals surface area contributed by atoms with Gasteiger partial charge in [-0.15, -0.1) is 0 Å². The summed E-state index contributed by atoms with van der Waals surface area (Å²) in [5, 5.41) is 13.5. The Morgan fingerprint density at radius 2 is 1.88 bits per heavy atom. The number of hydrogen-bond donors (Lipinski definition) is 1. The predicted octanol–water partition coefficient (Wildman–Crippen LogP) is 2.66. The van der Waals surface area contributed by atoms with Crippen LogP contribution in [0, 0.1) is 10.1 Å². The molecule has 0 spiro atoms. The van der Waals surface area contributed by atoms with Gasteiger partial charge in [0.25, 0.3) is 11.6 Å². The van der Waals surface area contributed by atoms with Gasteiger partial charge in [0.1, 0.15) is 0 Å². The lowest BCUT2D eigenvalue weighted by Gasteiger charge is -2.23. The highest BCUT2D eigenvalue weighted by Crippen LogP contribution is 2.26. The molecule has 0 unspecified atom stereocenters. The lowest BCUT2D eigenvalue weighted by molar-refractivity contribution is -0.384. The smallest absolute Gasteiger partial charge is 0.270 e. The molecule has 0 aliphatic rings. The zero-order chi connectivity index (χ0) is 18.6. The van der Waals surface area contributed by atoms with E-state index in [2.05, 4.69) is 11.4 Å². The summed E-state index contributed by atoms with van der Waals surface area (Å²) in [6.07, 6.45) is 0. The molecule has 2 aromatic rings. The van der Waals surface area contributed by atoms with Gasteiger partial charge in [-0.1, -0.05) is 12.1 Å². The van der Waals surface area contributed by atoms with Crippen LogP contribution in [0.5, 0.6) is 0 Å². The van der Waals surface area contributed by atoms with Crippen molar-refractivity contribution in [3.05, 3.63) is 63.7 Å². The van der Waals surface area contributed by atoms with Crippen molar-refractivity contribution in [2.75, 3.05) is 38.0 Å². The van der Waals surface area contributed by atoms with Crippen molar-refractivity contribution in [1.82, 2.24) is 5.32 Å². The van der Waals surface area contributed by atoms with Gasteiger partial charge < -0.3 is 15.1 Å². The van der Waals surface area contributed by atoms with Crippen molar-refractivity contribution in [2.45, 2.75) is 6.54 Å².